The maximum atomic E-state index is 6.61. The predicted molar refractivity (Wildman–Crippen MR) is 158 cm³/mol. The fourth-order valence-electron chi connectivity index (χ4n) is 4.68. The lowest BCUT2D eigenvalue weighted by molar-refractivity contribution is 0.312. The largest absolute Gasteiger partial charge is 0.486 e. The Hall–Kier alpha value is -4.28. The summed E-state index contributed by atoms with van der Waals surface area (Å²) in [6, 6.07) is 30.5. The van der Waals surface area contributed by atoms with Crippen molar-refractivity contribution in [1.29, 1.82) is 0 Å². The molecule has 0 amide bonds. The monoisotopic (exact) mass is 489 g/mol. The summed E-state index contributed by atoms with van der Waals surface area (Å²) in [5.74, 6) is 0.584. The van der Waals surface area contributed by atoms with Crippen LogP contribution in [0.2, 0.25) is 0 Å². The van der Waals surface area contributed by atoms with Gasteiger partial charge in [0.05, 0.1) is 5.69 Å². The Morgan fingerprint density at radius 2 is 1.62 bits per heavy atom. The number of allylic oxidation sites excluding steroid dienone is 1. The van der Waals surface area contributed by atoms with Gasteiger partial charge in [-0.1, -0.05) is 97.1 Å². The molecule has 0 fully saturated rings. The molecule has 4 aromatic rings. The highest BCUT2D eigenvalue weighted by Crippen LogP contribution is 2.39. The molecule has 0 radical (unpaired) electrons. The van der Waals surface area contributed by atoms with Crippen LogP contribution in [0.5, 0.6) is 5.75 Å². The molecule has 0 bridgehead atoms. The summed E-state index contributed by atoms with van der Waals surface area (Å²) < 4.78 is 6.31. The van der Waals surface area contributed by atoms with E-state index >= 15 is 0 Å². The third-order valence-electron chi connectivity index (χ3n) is 6.54. The number of fused-ring (bicyclic) bond motifs is 1. The highest BCUT2D eigenvalue weighted by molar-refractivity contribution is 5.99. The van der Waals surface area contributed by atoms with Crippen LogP contribution < -0.4 is 21.5 Å². The van der Waals surface area contributed by atoms with Crippen LogP contribution in [0.4, 0.5) is 5.69 Å². The van der Waals surface area contributed by atoms with E-state index in [-0.39, 0.29) is 12.0 Å². The minimum atomic E-state index is -0.274. The molecular formula is C33H35N3O. The molecule has 0 saturated heterocycles. The topological polar surface area (TPSA) is 73.3 Å². The van der Waals surface area contributed by atoms with Crippen molar-refractivity contribution in [2.75, 3.05) is 12.8 Å². The van der Waals surface area contributed by atoms with Gasteiger partial charge in [0.1, 0.15) is 6.61 Å². The molecule has 5 N–H and O–H groups in total. The molecule has 4 aromatic carbocycles. The third kappa shape index (κ3) is 5.76. The molecule has 4 nitrogen and oxygen atoms in total. The molecule has 0 spiro atoms. The number of rotatable bonds is 10. The molecule has 0 aromatic heterocycles. The third-order valence-corrected chi connectivity index (χ3v) is 6.54. The SMILES string of the molecule is C=CC(N)C(/C=C\C)/C(=C(\NC)c1ccccc1)c1ccc2ccc(N)c(OCc3ccccc3)c2c1. The highest BCUT2D eigenvalue weighted by Gasteiger charge is 2.24. The zero-order chi connectivity index (χ0) is 26.2. The first-order chi connectivity index (χ1) is 18.1. The van der Waals surface area contributed by atoms with E-state index in [1.807, 2.05) is 80.7 Å². The number of ether oxygens (including phenoxy) is 1. The van der Waals surface area contributed by atoms with Crippen LogP contribution >= 0.6 is 0 Å². The minimum absolute atomic E-state index is 0.0997. The molecule has 188 valence electrons. The van der Waals surface area contributed by atoms with Gasteiger partial charge in [-0.25, -0.2) is 0 Å². The second-order valence-electron chi connectivity index (χ2n) is 8.96. The lowest BCUT2D eigenvalue weighted by atomic mass is 9.83. The first-order valence-corrected chi connectivity index (χ1v) is 12.5. The zero-order valence-electron chi connectivity index (χ0n) is 21.5. The van der Waals surface area contributed by atoms with Crippen molar-refractivity contribution in [1.82, 2.24) is 5.32 Å². The van der Waals surface area contributed by atoms with Crippen LogP contribution in [0.15, 0.2) is 116 Å². The number of hydrogen-bond donors (Lipinski definition) is 3. The lowest BCUT2D eigenvalue weighted by Crippen LogP contribution is -2.29. The number of nitrogen functional groups attached to an aromatic ring is 1. The van der Waals surface area contributed by atoms with Crippen LogP contribution in [-0.4, -0.2) is 13.1 Å². The summed E-state index contributed by atoms with van der Waals surface area (Å²) in [5, 5.41) is 5.47. The van der Waals surface area contributed by atoms with Crippen LogP contribution in [0, 0.1) is 5.92 Å². The first kappa shape index (κ1) is 25.8. The maximum absolute atomic E-state index is 6.61. The molecule has 0 aliphatic carbocycles. The molecule has 0 heterocycles. The van der Waals surface area contributed by atoms with Crippen LogP contribution in [0.25, 0.3) is 22.0 Å². The van der Waals surface area contributed by atoms with Gasteiger partial charge in [0.2, 0.25) is 0 Å². The van der Waals surface area contributed by atoms with Crippen molar-refractivity contribution in [3.63, 3.8) is 0 Å². The zero-order valence-corrected chi connectivity index (χ0v) is 21.5. The lowest BCUT2D eigenvalue weighted by Gasteiger charge is -2.26. The van der Waals surface area contributed by atoms with Gasteiger partial charge in [-0.15, -0.1) is 6.58 Å². The van der Waals surface area contributed by atoms with Crippen molar-refractivity contribution in [2.45, 2.75) is 19.6 Å². The van der Waals surface area contributed by atoms with E-state index in [0.717, 1.165) is 38.7 Å². The van der Waals surface area contributed by atoms with Gasteiger partial charge >= 0.3 is 0 Å². The Morgan fingerprint density at radius 1 is 0.946 bits per heavy atom. The van der Waals surface area contributed by atoms with Gasteiger partial charge in [-0.3, -0.25) is 0 Å². The van der Waals surface area contributed by atoms with Crippen LogP contribution in [0.1, 0.15) is 23.6 Å². The number of benzene rings is 4. The molecule has 4 rings (SSSR count). The average Bonchev–Trinajstić information content (AvgIpc) is 2.94. The summed E-state index contributed by atoms with van der Waals surface area (Å²) in [5.41, 5.74) is 19.0. The molecule has 0 aliphatic rings. The Morgan fingerprint density at radius 3 is 2.27 bits per heavy atom. The fraction of sp³-hybridized carbons (Fsp3) is 0.152. The molecule has 37 heavy (non-hydrogen) atoms. The van der Waals surface area contributed by atoms with E-state index in [0.29, 0.717) is 18.0 Å². The standard InChI is InChI=1S/C33H35N3O/c1-4-12-27(29(34)5-2)31(32(36-3)25-15-10-7-11-16-25)26-18-17-24-19-20-30(35)33(28(24)21-26)37-22-23-13-8-6-9-14-23/h4-21,27,29,36H,2,22,34-35H2,1,3H3/b12-4-,32-31-. The van der Waals surface area contributed by atoms with E-state index in [1.54, 1.807) is 6.08 Å². The van der Waals surface area contributed by atoms with Gasteiger partial charge in [0.15, 0.2) is 5.75 Å². The Labute approximate surface area is 220 Å². The predicted octanol–water partition coefficient (Wildman–Crippen LogP) is 6.79. The average molecular weight is 490 g/mol. The number of nitrogens with one attached hydrogen (secondary N) is 1. The number of anilines is 1. The van der Waals surface area contributed by atoms with Crippen LogP contribution in [-0.2, 0) is 6.61 Å². The molecule has 0 aliphatic heterocycles. The van der Waals surface area contributed by atoms with Crippen molar-refractivity contribution >= 4 is 27.7 Å². The summed E-state index contributed by atoms with van der Waals surface area (Å²) in [6.45, 7) is 6.44. The van der Waals surface area contributed by atoms with E-state index in [9.17, 15) is 0 Å². The van der Waals surface area contributed by atoms with E-state index in [1.165, 1.54) is 0 Å². The molecule has 0 saturated carbocycles. The molecular weight excluding hydrogens is 454 g/mol. The fourth-order valence-corrected chi connectivity index (χ4v) is 4.68. The summed E-state index contributed by atoms with van der Waals surface area (Å²) in [4.78, 5) is 0. The van der Waals surface area contributed by atoms with Gasteiger partial charge < -0.3 is 21.5 Å². The van der Waals surface area contributed by atoms with Crippen molar-refractivity contribution in [3.05, 3.63) is 132 Å². The smallest absolute Gasteiger partial charge is 0.150 e. The molecule has 2 atom stereocenters. The minimum Gasteiger partial charge on any atom is -0.486 e. The quantitative estimate of drug-likeness (QED) is 0.130. The highest BCUT2D eigenvalue weighted by atomic mass is 16.5. The summed E-state index contributed by atoms with van der Waals surface area (Å²) in [7, 11) is 1.95. The normalized spacial score (nSPS) is 13.7. The van der Waals surface area contributed by atoms with Gasteiger partial charge in [0.25, 0.3) is 0 Å². The van der Waals surface area contributed by atoms with Crippen molar-refractivity contribution in [3.8, 4) is 5.75 Å². The number of nitrogens with two attached hydrogens (primary N) is 2. The van der Waals surface area contributed by atoms with E-state index in [2.05, 4.69) is 48.3 Å². The molecule has 2 unspecified atom stereocenters. The molecule has 4 heteroatoms. The van der Waals surface area contributed by atoms with E-state index in [4.69, 9.17) is 16.2 Å². The first-order valence-electron chi connectivity index (χ1n) is 12.5. The van der Waals surface area contributed by atoms with Crippen LogP contribution in [0.3, 0.4) is 0 Å². The summed E-state index contributed by atoms with van der Waals surface area (Å²) in [6.07, 6.45) is 5.98. The second kappa shape index (κ2) is 12.1. The van der Waals surface area contributed by atoms with Crippen molar-refractivity contribution < 1.29 is 4.74 Å². The second-order valence-corrected chi connectivity index (χ2v) is 8.96. The number of hydrogen-bond acceptors (Lipinski definition) is 4. The summed E-state index contributed by atoms with van der Waals surface area (Å²) >= 11 is 0. The Balaban J connectivity index is 1.92. The maximum Gasteiger partial charge on any atom is 0.150 e. The van der Waals surface area contributed by atoms with Gasteiger partial charge in [-0.2, -0.15) is 0 Å². The Bertz CT molecular complexity index is 1410. The van der Waals surface area contributed by atoms with Gasteiger partial charge in [0, 0.05) is 30.1 Å². The van der Waals surface area contributed by atoms with E-state index < -0.39 is 0 Å². The Kier molecular flexibility index (Phi) is 8.44. The van der Waals surface area contributed by atoms with Crippen molar-refractivity contribution in [2.24, 2.45) is 11.7 Å². The van der Waals surface area contributed by atoms with Gasteiger partial charge in [-0.05, 0) is 46.7 Å².